The number of amides is 2. The van der Waals surface area contributed by atoms with Crippen LogP contribution in [0.1, 0.15) is 38.5 Å². The van der Waals surface area contributed by atoms with Crippen molar-refractivity contribution in [2.24, 2.45) is 5.73 Å². The summed E-state index contributed by atoms with van der Waals surface area (Å²) in [6, 6.07) is 0. The van der Waals surface area contributed by atoms with Crippen LogP contribution in [0.5, 0.6) is 0 Å². The first-order chi connectivity index (χ1) is 10.7. The zero-order valence-electron chi connectivity index (χ0n) is 13.8. The molecule has 2 N–H and O–H groups in total. The molecule has 0 aliphatic carbocycles. The fourth-order valence-electron chi connectivity index (χ4n) is 3.60. The highest BCUT2D eigenvalue weighted by molar-refractivity contribution is 7.90. The minimum Gasteiger partial charge on any atom is -0.368 e. The summed E-state index contributed by atoms with van der Waals surface area (Å²) in [7, 11) is -3.14. The molecule has 2 rings (SSSR count). The van der Waals surface area contributed by atoms with E-state index < -0.39 is 15.4 Å². The monoisotopic (exact) mass is 345 g/mol. The van der Waals surface area contributed by atoms with Crippen molar-refractivity contribution in [3.8, 4) is 0 Å². The SMILES string of the molecule is CS(=O)(=O)CCC(=O)N1CCC(C(N)=O)(N2CCCCC2)CC1. The van der Waals surface area contributed by atoms with Gasteiger partial charge in [-0.3, -0.25) is 14.5 Å². The minimum atomic E-state index is -3.14. The van der Waals surface area contributed by atoms with Gasteiger partial charge in [0.25, 0.3) is 0 Å². The van der Waals surface area contributed by atoms with Gasteiger partial charge in [-0.15, -0.1) is 0 Å². The van der Waals surface area contributed by atoms with Gasteiger partial charge in [0.2, 0.25) is 11.8 Å². The van der Waals surface area contributed by atoms with Crippen molar-refractivity contribution < 1.29 is 18.0 Å². The van der Waals surface area contributed by atoms with Crippen LogP contribution in [-0.4, -0.2) is 73.8 Å². The molecule has 7 nitrogen and oxygen atoms in total. The number of carbonyl (C=O) groups is 2. The minimum absolute atomic E-state index is 0.00607. The topological polar surface area (TPSA) is 101 Å². The van der Waals surface area contributed by atoms with Gasteiger partial charge in [0.15, 0.2) is 0 Å². The number of hydrogen-bond donors (Lipinski definition) is 1. The smallest absolute Gasteiger partial charge is 0.238 e. The van der Waals surface area contributed by atoms with E-state index in [9.17, 15) is 18.0 Å². The fraction of sp³-hybridized carbons (Fsp3) is 0.867. The Labute approximate surface area is 138 Å². The summed E-state index contributed by atoms with van der Waals surface area (Å²) in [6.07, 6.45) is 5.54. The summed E-state index contributed by atoms with van der Waals surface area (Å²) in [5.41, 5.74) is 5.06. The molecule has 2 saturated heterocycles. The van der Waals surface area contributed by atoms with Crippen LogP contribution in [-0.2, 0) is 19.4 Å². The summed E-state index contributed by atoms with van der Waals surface area (Å²) >= 11 is 0. The number of hydrogen-bond acceptors (Lipinski definition) is 5. The first kappa shape index (κ1) is 18.2. The summed E-state index contributed by atoms with van der Waals surface area (Å²) in [6.45, 7) is 2.68. The number of sulfone groups is 1. The Morgan fingerprint density at radius 1 is 1.04 bits per heavy atom. The second-order valence-electron chi connectivity index (χ2n) is 6.70. The van der Waals surface area contributed by atoms with Crippen LogP contribution in [0.4, 0.5) is 0 Å². The van der Waals surface area contributed by atoms with Crippen LogP contribution in [0, 0.1) is 0 Å². The zero-order valence-corrected chi connectivity index (χ0v) is 14.6. The lowest BCUT2D eigenvalue weighted by molar-refractivity contribution is -0.141. The molecule has 8 heteroatoms. The van der Waals surface area contributed by atoms with E-state index in [0.29, 0.717) is 25.9 Å². The Balaban J connectivity index is 1.96. The number of rotatable bonds is 5. The van der Waals surface area contributed by atoms with Crippen molar-refractivity contribution in [2.75, 3.05) is 38.2 Å². The van der Waals surface area contributed by atoms with Crippen LogP contribution in [0.3, 0.4) is 0 Å². The average molecular weight is 345 g/mol. The van der Waals surface area contributed by atoms with E-state index in [1.807, 2.05) is 0 Å². The molecule has 2 heterocycles. The third kappa shape index (κ3) is 4.44. The zero-order chi connectivity index (χ0) is 17.1. The van der Waals surface area contributed by atoms with Crippen molar-refractivity contribution in [1.82, 2.24) is 9.80 Å². The quantitative estimate of drug-likeness (QED) is 0.741. The lowest BCUT2D eigenvalue weighted by Gasteiger charge is -2.48. The second kappa shape index (κ2) is 7.17. The molecular formula is C15H27N3O4S. The molecule has 0 spiro atoms. The highest BCUT2D eigenvalue weighted by Gasteiger charge is 2.45. The van der Waals surface area contributed by atoms with E-state index in [4.69, 9.17) is 5.73 Å². The summed E-state index contributed by atoms with van der Waals surface area (Å²) < 4.78 is 22.4. The van der Waals surface area contributed by atoms with Crippen LogP contribution in [0.15, 0.2) is 0 Å². The summed E-state index contributed by atoms with van der Waals surface area (Å²) in [4.78, 5) is 28.1. The molecule has 0 saturated carbocycles. The Morgan fingerprint density at radius 3 is 2.09 bits per heavy atom. The lowest BCUT2D eigenvalue weighted by atomic mass is 9.83. The molecule has 2 fully saturated rings. The number of nitrogens with two attached hydrogens (primary N) is 1. The molecule has 2 amide bonds. The predicted octanol–water partition coefficient (Wildman–Crippen LogP) is -0.246. The number of piperidine rings is 2. The summed E-state index contributed by atoms with van der Waals surface area (Å²) in [5, 5.41) is 0. The second-order valence-corrected chi connectivity index (χ2v) is 8.96. The van der Waals surface area contributed by atoms with Gasteiger partial charge in [-0.05, 0) is 38.8 Å². The number of carbonyl (C=O) groups excluding carboxylic acids is 2. The maximum absolute atomic E-state index is 12.1. The molecule has 0 bridgehead atoms. The molecule has 0 aromatic rings. The maximum atomic E-state index is 12.1. The first-order valence-corrected chi connectivity index (χ1v) is 10.3. The van der Waals surface area contributed by atoms with Crippen molar-refractivity contribution in [3.05, 3.63) is 0 Å². The highest BCUT2D eigenvalue weighted by atomic mass is 32.2. The molecule has 23 heavy (non-hydrogen) atoms. The van der Waals surface area contributed by atoms with Gasteiger partial charge in [0.1, 0.15) is 15.4 Å². The lowest BCUT2D eigenvalue weighted by Crippen LogP contribution is -2.63. The van der Waals surface area contributed by atoms with E-state index in [1.165, 1.54) is 6.42 Å². The van der Waals surface area contributed by atoms with Crippen molar-refractivity contribution >= 4 is 21.7 Å². The normalized spacial score (nSPS) is 22.7. The van der Waals surface area contributed by atoms with Gasteiger partial charge < -0.3 is 10.6 Å². The number of nitrogens with zero attached hydrogens (tertiary/aromatic N) is 2. The van der Waals surface area contributed by atoms with E-state index in [-0.39, 0.29) is 24.0 Å². The Morgan fingerprint density at radius 2 is 1.61 bits per heavy atom. The van der Waals surface area contributed by atoms with E-state index >= 15 is 0 Å². The standard InChI is InChI=1S/C15H27N3O4S/c1-23(21,22)12-5-13(19)17-10-6-15(7-11-17,14(16)20)18-8-3-2-4-9-18/h2-12H2,1H3,(H2,16,20). The third-order valence-corrected chi connectivity index (χ3v) is 6.00. The largest absolute Gasteiger partial charge is 0.368 e. The number of primary amides is 1. The van der Waals surface area contributed by atoms with Crippen LogP contribution >= 0.6 is 0 Å². The summed E-state index contributed by atoms with van der Waals surface area (Å²) in [5.74, 6) is -0.593. The molecule has 2 aliphatic rings. The van der Waals surface area contributed by atoms with Crippen molar-refractivity contribution in [2.45, 2.75) is 44.1 Å². The van der Waals surface area contributed by atoms with Gasteiger partial charge in [-0.2, -0.15) is 0 Å². The van der Waals surface area contributed by atoms with E-state index in [1.54, 1.807) is 4.90 Å². The first-order valence-electron chi connectivity index (χ1n) is 8.25. The van der Waals surface area contributed by atoms with Crippen LogP contribution in [0.25, 0.3) is 0 Å². The van der Waals surface area contributed by atoms with Crippen LogP contribution in [0.2, 0.25) is 0 Å². The van der Waals surface area contributed by atoms with E-state index in [0.717, 1.165) is 32.2 Å². The third-order valence-electron chi connectivity index (χ3n) is 5.05. The molecule has 0 radical (unpaired) electrons. The van der Waals surface area contributed by atoms with Gasteiger partial charge in [0, 0.05) is 25.8 Å². The van der Waals surface area contributed by atoms with Crippen molar-refractivity contribution in [1.29, 1.82) is 0 Å². The van der Waals surface area contributed by atoms with Gasteiger partial charge in [-0.1, -0.05) is 6.42 Å². The highest BCUT2D eigenvalue weighted by Crippen LogP contribution is 2.31. The molecule has 0 atom stereocenters. The maximum Gasteiger partial charge on any atom is 0.238 e. The average Bonchev–Trinajstić information content (AvgIpc) is 2.52. The van der Waals surface area contributed by atoms with Crippen molar-refractivity contribution in [3.63, 3.8) is 0 Å². The molecule has 2 aliphatic heterocycles. The van der Waals surface area contributed by atoms with Gasteiger partial charge in [0.05, 0.1) is 5.75 Å². The predicted molar refractivity (Wildman–Crippen MR) is 87.5 cm³/mol. The van der Waals surface area contributed by atoms with Gasteiger partial charge >= 0.3 is 0 Å². The molecule has 132 valence electrons. The molecule has 0 unspecified atom stereocenters. The Hall–Kier alpha value is -1.15. The Kier molecular flexibility index (Phi) is 5.67. The van der Waals surface area contributed by atoms with Gasteiger partial charge in [-0.25, -0.2) is 8.42 Å². The molecule has 0 aromatic heterocycles. The fourth-order valence-corrected chi connectivity index (χ4v) is 4.14. The Bertz CT molecular complexity index is 547. The molecule has 0 aromatic carbocycles. The van der Waals surface area contributed by atoms with E-state index in [2.05, 4.69) is 4.90 Å². The number of likely N-dealkylation sites (tertiary alicyclic amines) is 2. The van der Waals surface area contributed by atoms with Crippen LogP contribution < -0.4 is 5.73 Å². The molecular weight excluding hydrogens is 318 g/mol.